The molecule has 11 heteroatoms. The number of hydrogen-bond acceptors (Lipinski definition) is 6. The molecule has 3 aliphatic rings. The predicted octanol–water partition coefficient (Wildman–Crippen LogP) is 4.82. The molecule has 2 amide bonds. The van der Waals surface area contributed by atoms with Gasteiger partial charge < -0.3 is 19.3 Å². The van der Waals surface area contributed by atoms with E-state index in [2.05, 4.69) is 10.2 Å². The lowest BCUT2D eigenvalue weighted by Crippen LogP contribution is -2.34. The molecule has 5 rings (SSSR count). The Morgan fingerprint density at radius 2 is 1.37 bits per heavy atom. The Bertz CT molecular complexity index is 1230. The number of hydrogen-bond donors (Lipinski definition) is 0. The number of rotatable bonds is 5. The molecule has 2 fully saturated rings. The van der Waals surface area contributed by atoms with Gasteiger partial charge in [-0.15, -0.1) is 10.2 Å². The molecule has 2 atom stereocenters. The summed E-state index contributed by atoms with van der Waals surface area (Å²) in [5.41, 5.74) is -0.915. The fourth-order valence-corrected chi connectivity index (χ4v) is 5.58. The van der Waals surface area contributed by atoms with Crippen LogP contribution in [0, 0.1) is 18.8 Å². The summed E-state index contributed by atoms with van der Waals surface area (Å²) in [6.07, 6.45) is -3.08. The van der Waals surface area contributed by atoms with E-state index < -0.39 is 11.8 Å². The Balaban J connectivity index is 1.22. The van der Waals surface area contributed by atoms with Crippen molar-refractivity contribution in [1.82, 2.24) is 9.80 Å². The zero-order valence-corrected chi connectivity index (χ0v) is 21.4. The Labute approximate surface area is 218 Å². The first-order valence-corrected chi connectivity index (χ1v) is 12.5. The van der Waals surface area contributed by atoms with Crippen molar-refractivity contribution < 1.29 is 32.2 Å². The smallest absolute Gasteiger partial charge is 0.442 e. The SMILES string of the molecule is COc1cc(C(=O)N2CC[C@@H]3CN(C(=O)c4ccc(C5(C(F)(F)F)N=N5)cc4)C[C@@H]3CC2)cc(OC)c1C. The van der Waals surface area contributed by atoms with Crippen molar-refractivity contribution in [3.8, 4) is 11.5 Å². The quantitative estimate of drug-likeness (QED) is 0.555. The van der Waals surface area contributed by atoms with Gasteiger partial charge in [-0.2, -0.15) is 13.2 Å². The third-order valence-electron chi connectivity index (χ3n) is 7.92. The van der Waals surface area contributed by atoms with E-state index in [0.717, 1.165) is 18.4 Å². The van der Waals surface area contributed by atoms with Gasteiger partial charge in [-0.3, -0.25) is 9.59 Å². The molecule has 0 aliphatic carbocycles. The second-order valence-corrected chi connectivity index (χ2v) is 10.1. The fraction of sp³-hybridized carbons (Fsp3) is 0.481. The lowest BCUT2D eigenvalue weighted by Gasteiger charge is -2.23. The van der Waals surface area contributed by atoms with Crippen molar-refractivity contribution in [2.45, 2.75) is 31.6 Å². The highest BCUT2D eigenvalue weighted by molar-refractivity contribution is 5.96. The lowest BCUT2D eigenvalue weighted by molar-refractivity contribution is -0.166. The van der Waals surface area contributed by atoms with E-state index in [4.69, 9.17) is 9.47 Å². The molecule has 3 heterocycles. The normalized spacial score (nSPS) is 22.1. The van der Waals surface area contributed by atoms with E-state index in [-0.39, 0.29) is 29.2 Å². The number of carbonyl (C=O) groups excluding carboxylic acids is 2. The van der Waals surface area contributed by atoms with E-state index in [1.54, 1.807) is 31.3 Å². The third-order valence-corrected chi connectivity index (χ3v) is 7.92. The number of halogens is 3. The molecule has 2 aromatic carbocycles. The van der Waals surface area contributed by atoms with Crippen LogP contribution in [0.25, 0.3) is 0 Å². The number of carbonyl (C=O) groups is 2. The Morgan fingerprint density at radius 1 is 0.868 bits per heavy atom. The lowest BCUT2D eigenvalue weighted by atomic mass is 9.92. The number of ether oxygens (including phenoxy) is 2. The second kappa shape index (κ2) is 9.59. The van der Waals surface area contributed by atoms with Crippen molar-refractivity contribution in [3.05, 3.63) is 58.7 Å². The first kappa shape index (κ1) is 26.0. The van der Waals surface area contributed by atoms with Gasteiger partial charge in [0.15, 0.2) is 0 Å². The number of methoxy groups -OCH3 is 2. The van der Waals surface area contributed by atoms with E-state index in [9.17, 15) is 22.8 Å². The van der Waals surface area contributed by atoms with Crippen LogP contribution < -0.4 is 9.47 Å². The summed E-state index contributed by atoms with van der Waals surface area (Å²) in [4.78, 5) is 30.0. The number of fused-ring (bicyclic) bond motifs is 1. The summed E-state index contributed by atoms with van der Waals surface area (Å²) in [5.74, 6) is 1.39. The van der Waals surface area contributed by atoms with Crippen LogP contribution in [0.2, 0.25) is 0 Å². The largest absolute Gasteiger partial charge is 0.496 e. The topological polar surface area (TPSA) is 83.8 Å². The minimum Gasteiger partial charge on any atom is -0.496 e. The predicted molar refractivity (Wildman–Crippen MR) is 131 cm³/mol. The van der Waals surface area contributed by atoms with Crippen LogP contribution in [0.15, 0.2) is 46.6 Å². The van der Waals surface area contributed by atoms with Gasteiger partial charge in [0.05, 0.1) is 14.2 Å². The summed E-state index contributed by atoms with van der Waals surface area (Å²) in [7, 11) is 3.12. The zero-order chi connectivity index (χ0) is 27.2. The average Bonchev–Trinajstić information content (AvgIpc) is 3.68. The molecular weight excluding hydrogens is 501 g/mol. The van der Waals surface area contributed by atoms with Crippen LogP contribution in [0.5, 0.6) is 11.5 Å². The van der Waals surface area contributed by atoms with Crippen LogP contribution in [0.3, 0.4) is 0 Å². The Hall–Kier alpha value is -3.63. The van der Waals surface area contributed by atoms with E-state index in [1.165, 1.54) is 24.3 Å². The van der Waals surface area contributed by atoms with Gasteiger partial charge in [-0.05, 0) is 55.9 Å². The van der Waals surface area contributed by atoms with Gasteiger partial charge in [0.2, 0.25) is 0 Å². The zero-order valence-electron chi connectivity index (χ0n) is 21.4. The number of nitrogens with zero attached hydrogens (tertiary/aromatic N) is 4. The fourth-order valence-electron chi connectivity index (χ4n) is 5.58. The molecule has 0 unspecified atom stereocenters. The average molecular weight is 531 g/mol. The highest BCUT2D eigenvalue weighted by Crippen LogP contribution is 2.52. The molecular formula is C27H29F3N4O4. The molecule has 0 spiro atoms. The molecule has 8 nitrogen and oxygen atoms in total. The molecule has 202 valence electrons. The molecule has 3 aliphatic heterocycles. The van der Waals surface area contributed by atoms with Gasteiger partial charge in [-0.1, -0.05) is 12.1 Å². The van der Waals surface area contributed by atoms with E-state index in [1.807, 2.05) is 11.8 Å². The summed E-state index contributed by atoms with van der Waals surface area (Å²) >= 11 is 0. The maximum absolute atomic E-state index is 13.3. The number of likely N-dealkylation sites (tertiary alicyclic amines) is 2. The molecule has 0 aromatic heterocycles. The van der Waals surface area contributed by atoms with Crippen LogP contribution in [-0.2, 0) is 5.66 Å². The Morgan fingerprint density at radius 3 is 1.82 bits per heavy atom. The molecule has 2 saturated heterocycles. The van der Waals surface area contributed by atoms with Gasteiger partial charge in [0, 0.05) is 48.4 Å². The van der Waals surface area contributed by atoms with Crippen LogP contribution in [-0.4, -0.2) is 68.2 Å². The summed E-state index contributed by atoms with van der Waals surface area (Å²) in [6, 6.07) is 8.83. The monoisotopic (exact) mass is 530 g/mol. The van der Waals surface area contributed by atoms with Crippen molar-refractivity contribution in [1.29, 1.82) is 0 Å². The minimum absolute atomic E-state index is 0.0830. The summed E-state index contributed by atoms with van der Waals surface area (Å²) < 4.78 is 50.6. The van der Waals surface area contributed by atoms with Crippen molar-refractivity contribution in [2.24, 2.45) is 22.1 Å². The van der Waals surface area contributed by atoms with Crippen molar-refractivity contribution in [3.63, 3.8) is 0 Å². The first-order chi connectivity index (χ1) is 18.1. The highest BCUT2D eigenvalue weighted by atomic mass is 19.4. The van der Waals surface area contributed by atoms with E-state index >= 15 is 0 Å². The molecule has 2 aromatic rings. The number of benzene rings is 2. The van der Waals surface area contributed by atoms with Crippen LogP contribution >= 0.6 is 0 Å². The van der Waals surface area contributed by atoms with Crippen LogP contribution in [0.4, 0.5) is 13.2 Å². The summed E-state index contributed by atoms with van der Waals surface area (Å²) in [6.45, 7) is 4.12. The second-order valence-electron chi connectivity index (χ2n) is 10.1. The molecule has 38 heavy (non-hydrogen) atoms. The molecule has 0 N–H and O–H groups in total. The standard InChI is InChI=1S/C27H29F3N4O4/c1-16-22(37-2)12-20(13-23(16)38-3)25(36)33-10-8-18-14-34(15-19(18)9-11-33)24(35)17-4-6-21(7-5-17)26(31-32-26)27(28,29)30/h4-7,12-13,18-19H,8-11,14-15H2,1-3H3/t18-,19+. The molecule has 0 bridgehead atoms. The van der Waals surface area contributed by atoms with Gasteiger partial charge in [0.1, 0.15) is 11.5 Å². The Kier molecular flexibility index (Phi) is 6.56. The molecule has 0 radical (unpaired) electrons. The maximum atomic E-state index is 13.3. The molecule has 0 saturated carbocycles. The minimum atomic E-state index is -4.60. The van der Waals surface area contributed by atoms with Gasteiger partial charge in [-0.25, -0.2) is 0 Å². The van der Waals surface area contributed by atoms with Crippen LogP contribution in [0.1, 0.15) is 44.7 Å². The third kappa shape index (κ3) is 4.48. The highest BCUT2D eigenvalue weighted by Gasteiger charge is 2.65. The van der Waals surface area contributed by atoms with Gasteiger partial charge in [0.25, 0.3) is 11.8 Å². The maximum Gasteiger partial charge on any atom is 0.442 e. The number of alkyl halides is 3. The number of amides is 2. The summed E-state index contributed by atoms with van der Waals surface area (Å²) in [5, 5.41) is 6.42. The van der Waals surface area contributed by atoms with E-state index in [0.29, 0.717) is 48.8 Å². The first-order valence-electron chi connectivity index (χ1n) is 12.5. The van der Waals surface area contributed by atoms with Gasteiger partial charge >= 0.3 is 11.8 Å². The van der Waals surface area contributed by atoms with Crippen molar-refractivity contribution in [2.75, 3.05) is 40.4 Å². The van der Waals surface area contributed by atoms with Crippen molar-refractivity contribution >= 4 is 11.8 Å².